The number of hydrogen-bond donors (Lipinski definition) is 0. The van der Waals surface area contributed by atoms with Gasteiger partial charge < -0.3 is 4.90 Å². The molecule has 0 bridgehead atoms. The van der Waals surface area contributed by atoms with Crippen molar-refractivity contribution in [1.29, 1.82) is 0 Å². The molecule has 0 saturated carbocycles. The van der Waals surface area contributed by atoms with Crippen molar-refractivity contribution < 1.29 is 4.92 Å². The molecule has 0 spiro atoms. The van der Waals surface area contributed by atoms with Gasteiger partial charge in [-0.05, 0) is 39.0 Å². The molecule has 0 N–H and O–H groups in total. The van der Waals surface area contributed by atoms with Gasteiger partial charge in [-0.25, -0.2) is 0 Å². The van der Waals surface area contributed by atoms with E-state index in [1.807, 2.05) is 19.1 Å². The predicted molar refractivity (Wildman–Crippen MR) is 86.3 cm³/mol. The highest BCUT2D eigenvalue weighted by Gasteiger charge is 2.17. The molecule has 0 aliphatic rings. The third-order valence-electron chi connectivity index (χ3n) is 3.36. The van der Waals surface area contributed by atoms with Gasteiger partial charge in [-0.2, -0.15) is 4.68 Å². The number of benzene rings is 1. The van der Waals surface area contributed by atoms with E-state index in [9.17, 15) is 10.1 Å². The van der Waals surface area contributed by atoms with Crippen LogP contribution >= 0.6 is 0 Å². The van der Waals surface area contributed by atoms with Crippen LogP contribution in [0.4, 0.5) is 11.5 Å². The summed E-state index contributed by atoms with van der Waals surface area (Å²) < 4.78 is 1.71. The smallest absolute Gasteiger partial charge is 0.269 e. The minimum absolute atomic E-state index is 0.0573. The number of allylic oxidation sites excluding steroid dienone is 1. The lowest BCUT2D eigenvalue weighted by atomic mass is 10.2. The average Bonchev–Trinajstić information content (AvgIpc) is 2.93. The first-order valence-electron chi connectivity index (χ1n) is 7.20. The molecule has 0 fully saturated rings. The van der Waals surface area contributed by atoms with Crippen molar-refractivity contribution in [1.82, 2.24) is 15.0 Å². The molecule has 116 valence electrons. The third-order valence-corrected chi connectivity index (χ3v) is 3.36. The molecule has 7 heteroatoms. The molecule has 0 aliphatic carbocycles. The molecule has 0 aliphatic heterocycles. The zero-order valence-corrected chi connectivity index (χ0v) is 12.9. The lowest BCUT2D eigenvalue weighted by molar-refractivity contribution is -0.384. The molecule has 1 aromatic heterocycles. The van der Waals surface area contributed by atoms with Crippen molar-refractivity contribution in [2.75, 3.05) is 18.0 Å². The fourth-order valence-corrected chi connectivity index (χ4v) is 2.26. The van der Waals surface area contributed by atoms with Gasteiger partial charge in [0.25, 0.3) is 5.69 Å². The van der Waals surface area contributed by atoms with Crippen LogP contribution in [0.1, 0.15) is 26.5 Å². The number of rotatable bonds is 6. The Bertz CT molecular complexity index is 672. The topological polar surface area (TPSA) is 77.1 Å². The highest BCUT2D eigenvalue weighted by atomic mass is 16.6. The lowest BCUT2D eigenvalue weighted by Gasteiger charge is -2.22. The van der Waals surface area contributed by atoms with Crippen LogP contribution in [0, 0.1) is 10.1 Å². The van der Waals surface area contributed by atoms with Crippen LogP contribution in [0.5, 0.6) is 0 Å². The van der Waals surface area contributed by atoms with E-state index in [4.69, 9.17) is 0 Å². The van der Waals surface area contributed by atoms with Crippen molar-refractivity contribution in [2.24, 2.45) is 0 Å². The molecule has 22 heavy (non-hydrogen) atoms. The minimum Gasteiger partial charge on any atom is -0.355 e. The maximum absolute atomic E-state index is 10.8. The third kappa shape index (κ3) is 2.98. The maximum atomic E-state index is 10.8. The standard InChI is InChI=1S/C15H19N5O2/c1-4-7-14-15(18(5-2)6-3)19(17-16-14)12-8-10-13(11-9-12)20(21)22/h4,7-11H,5-6H2,1-3H3/b7-4+. The monoisotopic (exact) mass is 301 g/mol. The average molecular weight is 301 g/mol. The van der Waals surface area contributed by atoms with E-state index in [1.165, 1.54) is 12.1 Å². The summed E-state index contributed by atoms with van der Waals surface area (Å²) in [4.78, 5) is 12.5. The van der Waals surface area contributed by atoms with Gasteiger partial charge in [-0.1, -0.05) is 11.3 Å². The molecule has 1 aromatic carbocycles. The van der Waals surface area contributed by atoms with Gasteiger partial charge in [0.2, 0.25) is 0 Å². The van der Waals surface area contributed by atoms with E-state index in [-0.39, 0.29) is 5.69 Å². The van der Waals surface area contributed by atoms with Crippen LogP contribution in [0.3, 0.4) is 0 Å². The summed E-state index contributed by atoms with van der Waals surface area (Å²) in [6.45, 7) is 7.70. The zero-order valence-electron chi connectivity index (χ0n) is 12.9. The second kappa shape index (κ2) is 6.84. The molecule has 0 unspecified atom stereocenters. The number of nitro groups is 1. The van der Waals surface area contributed by atoms with Crippen LogP contribution in [-0.4, -0.2) is 33.0 Å². The maximum Gasteiger partial charge on any atom is 0.269 e. The first-order chi connectivity index (χ1) is 10.6. The van der Waals surface area contributed by atoms with Crippen LogP contribution < -0.4 is 4.90 Å². The summed E-state index contributed by atoms with van der Waals surface area (Å²) >= 11 is 0. The fraction of sp³-hybridized carbons (Fsp3) is 0.333. The normalized spacial score (nSPS) is 11.0. The summed E-state index contributed by atoms with van der Waals surface area (Å²) in [5.74, 6) is 0.886. The first kappa shape index (κ1) is 15.7. The van der Waals surface area contributed by atoms with Gasteiger partial charge in [-0.15, -0.1) is 5.10 Å². The van der Waals surface area contributed by atoms with Gasteiger partial charge in [-0.3, -0.25) is 10.1 Å². The number of hydrogen-bond acceptors (Lipinski definition) is 5. The number of nitro benzene ring substituents is 1. The summed E-state index contributed by atoms with van der Waals surface area (Å²) in [5, 5.41) is 19.2. The lowest BCUT2D eigenvalue weighted by Crippen LogP contribution is -2.25. The molecule has 0 radical (unpaired) electrons. The quantitative estimate of drug-likeness (QED) is 0.605. The molecule has 2 aromatic rings. The summed E-state index contributed by atoms with van der Waals surface area (Å²) in [7, 11) is 0. The van der Waals surface area contributed by atoms with Crippen molar-refractivity contribution in [2.45, 2.75) is 20.8 Å². The molecule has 0 saturated heterocycles. The Labute approximate surface area is 129 Å². The fourth-order valence-electron chi connectivity index (χ4n) is 2.26. The second-order valence-corrected chi connectivity index (χ2v) is 4.66. The van der Waals surface area contributed by atoms with Crippen molar-refractivity contribution in [3.63, 3.8) is 0 Å². The van der Waals surface area contributed by atoms with Gasteiger partial charge in [0.1, 0.15) is 5.69 Å². The Balaban J connectivity index is 2.52. The SMILES string of the molecule is C/C=C/c1nnn(-c2ccc([N+](=O)[O-])cc2)c1N(CC)CC. The number of anilines is 1. The van der Waals surface area contributed by atoms with Gasteiger partial charge in [0, 0.05) is 25.2 Å². The Morgan fingerprint density at radius 1 is 1.27 bits per heavy atom. The Hall–Kier alpha value is -2.70. The van der Waals surface area contributed by atoms with Crippen LogP contribution in [0.15, 0.2) is 30.3 Å². The van der Waals surface area contributed by atoms with E-state index < -0.39 is 4.92 Å². The predicted octanol–water partition coefficient (Wildman–Crippen LogP) is 3.05. The van der Waals surface area contributed by atoms with E-state index in [0.717, 1.165) is 30.3 Å². The molecule has 7 nitrogen and oxygen atoms in total. The summed E-state index contributed by atoms with van der Waals surface area (Å²) in [6, 6.07) is 6.30. The Morgan fingerprint density at radius 3 is 2.41 bits per heavy atom. The molecular weight excluding hydrogens is 282 g/mol. The largest absolute Gasteiger partial charge is 0.355 e. The number of nitrogens with zero attached hydrogens (tertiary/aromatic N) is 5. The first-order valence-corrected chi connectivity index (χ1v) is 7.20. The second-order valence-electron chi connectivity index (χ2n) is 4.66. The van der Waals surface area contributed by atoms with E-state index in [2.05, 4.69) is 29.1 Å². The zero-order chi connectivity index (χ0) is 16.1. The van der Waals surface area contributed by atoms with E-state index in [1.54, 1.807) is 16.8 Å². The molecule has 0 amide bonds. The summed E-state index contributed by atoms with van der Waals surface area (Å²) in [5.41, 5.74) is 1.59. The molecule has 1 heterocycles. The van der Waals surface area contributed by atoms with Gasteiger partial charge >= 0.3 is 0 Å². The van der Waals surface area contributed by atoms with Crippen molar-refractivity contribution >= 4 is 17.6 Å². The van der Waals surface area contributed by atoms with Crippen LogP contribution in [-0.2, 0) is 0 Å². The number of non-ortho nitro benzene ring substituents is 1. The molecule has 0 atom stereocenters. The molecular formula is C15H19N5O2. The molecule has 2 rings (SSSR count). The van der Waals surface area contributed by atoms with E-state index in [0.29, 0.717) is 0 Å². The highest BCUT2D eigenvalue weighted by molar-refractivity contribution is 5.63. The van der Waals surface area contributed by atoms with E-state index >= 15 is 0 Å². The van der Waals surface area contributed by atoms with Crippen molar-refractivity contribution in [3.05, 3.63) is 46.1 Å². The Morgan fingerprint density at radius 2 is 1.91 bits per heavy atom. The van der Waals surface area contributed by atoms with Crippen LogP contribution in [0.2, 0.25) is 0 Å². The van der Waals surface area contributed by atoms with Gasteiger partial charge in [0.05, 0.1) is 10.6 Å². The number of aromatic nitrogens is 3. The highest BCUT2D eigenvalue weighted by Crippen LogP contribution is 2.24. The minimum atomic E-state index is -0.415. The Kier molecular flexibility index (Phi) is 4.88. The van der Waals surface area contributed by atoms with Crippen LogP contribution in [0.25, 0.3) is 11.8 Å². The summed E-state index contributed by atoms with van der Waals surface area (Å²) in [6.07, 6.45) is 3.82. The van der Waals surface area contributed by atoms with Gasteiger partial charge in [0.15, 0.2) is 5.82 Å². The van der Waals surface area contributed by atoms with Crippen molar-refractivity contribution in [3.8, 4) is 5.69 Å².